The SMILES string of the molecule is O=S(=O)(c1cc(Br)cnc1Cl)N1CCCC1c1ccccc1C(F)(F)F. The van der Waals surface area contributed by atoms with E-state index in [-0.39, 0.29) is 22.2 Å². The van der Waals surface area contributed by atoms with Crippen LogP contribution in [0.1, 0.15) is 30.0 Å². The van der Waals surface area contributed by atoms with E-state index in [0.717, 1.165) is 10.4 Å². The molecule has 1 aromatic carbocycles. The zero-order chi connectivity index (χ0) is 19.1. The summed E-state index contributed by atoms with van der Waals surface area (Å²) in [6.45, 7) is 0.113. The molecule has 0 saturated carbocycles. The maximum Gasteiger partial charge on any atom is 0.416 e. The van der Waals surface area contributed by atoms with E-state index >= 15 is 0 Å². The molecule has 1 aromatic heterocycles. The largest absolute Gasteiger partial charge is 0.416 e. The van der Waals surface area contributed by atoms with Crippen molar-refractivity contribution in [1.82, 2.24) is 9.29 Å². The third-order valence-corrected chi connectivity index (χ3v) is 6.96. The van der Waals surface area contributed by atoms with Crippen molar-refractivity contribution in [3.05, 3.63) is 57.3 Å². The minimum absolute atomic E-state index is 0.0554. The van der Waals surface area contributed by atoms with Crippen LogP contribution in [0.15, 0.2) is 45.9 Å². The van der Waals surface area contributed by atoms with Crippen LogP contribution in [0, 0.1) is 0 Å². The second-order valence-electron chi connectivity index (χ2n) is 5.80. The Hall–Kier alpha value is -1.16. The summed E-state index contributed by atoms with van der Waals surface area (Å²) in [4.78, 5) is 3.57. The summed E-state index contributed by atoms with van der Waals surface area (Å²) in [5.41, 5.74) is -0.884. The molecule has 1 atom stereocenters. The second-order valence-corrected chi connectivity index (χ2v) is 8.93. The fourth-order valence-electron chi connectivity index (χ4n) is 3.10. The number of hydrogen-bond donors (Lipinski definition) is 0. The van der Waals surface area contributed by atoms with Crippen LogP contribution in [0.2, 0.25) is 5.15 Å². The molecule has 1 aliphatic rings. The van der Waals surface area contributed by atoms with Crippen molar-refractivity contribution in [2.75, 3.05) is 6.54 Å². The highest BCUT2D eigenvalue weighted by atomic mass is 79.9. The number of benzene rings is 1. The lowest BCUT2D eigenvalue weighted by Gasteiger charge is -2.27. The Balaban J connectivity index is 2.09. The molecule has 26 heavy (non-hydrogen) atoms. The molecule has 2 aromatic rings. The van der Waals surface area contributed by atoms with Crippen LogP contribution in [-0.4, -0.2) is 24.3 Å². The van der Waals surface area contributed by atoms with Crippen molar-refractivity contribution in [3.8, 4) is 0 Å². The summed E-state index contributed by atoms with van der Waals surface area (Å²) in [5, 5.41) is -0.219. The van der Waals surface area contributed by atoms with Gasteiger partial charge in [-0.1, -0.05) is 29.8 Å². The first-order chi connectivity index (χ1) is 12.1. The van der Waals surface area contributed by atoms with Crippen molar-refractivity contribution in [2.45, 2.75) is 30.0 Å². The normalized spacial score (nSPS) is 19.0. The van der Waals surface area contributed by atoms with E-state index in [0.29, 0.717) is 17.3 Å². The maximum absolute atomic E-state index is 13.4. The maximum atomic E-state index is 13.4. The number of alkyl halides is 3. The van der Waals surface area contributed by atoms with Crippen molar-refractivity contribution in [2.24, 2.45) is 0 Å². The van der Waals surface area contributed by atoms with E-state index in [9.17, 15) is 21.6 Å². The molecule has 0 N–H and O–H groups in total. The molecule has 1 aliphatic heterocycles. The third kappa shape index (κ3) is 3.62. The van der Waals surface area contributed by atoms with Gasteiger partial charge in [0.25, 0.3) is 0 Å². The van der Waals surface area contributed by atoms with Gasteiger partial charge in [-0.25, -0.2) is 13.4 Å². The molecule has 1 saturated heterocycles. The van der Waals surface area contributed by atoms with Gasteiger partial charge in [-0.2, -0.15) is 17.5 Å². The fraction of sp³-hybridized carbons (Fsp3) is 0.312. The summed E-state index contributed by atoms with van der Waals surface area (Å²) < 4.78 is 67.7. The van der Waals surface area contributed by atoms with Gasteiger partial charge in [0.15, 0.2) is 0 Å². The summed E-state index contributed by atoms with van der Waals surface area (Å²) in [5.74, 6) is 0. The molecule has 4 nitrogen and oxygen atoms in total. The first-order valence-electron chi connectivity index (χ1n) is 7.61. The van der Waals surface area contributed by atoms with Gasteiger partial charge in [-0.05, 0) is 46.5 Å². The van der Waals surface area contributed by atoms with Crippen molar-refractivity contribution < 1.29 is 21.6 Å². The van der Waals surface area contributed by atoms with Crippen LogP contribution < -0.4 is 0 Å². The molecule has 140 valence electrons. The van der Waals surface area contributed by atoms with Crippen molar-refractivity contribution in [3.63, 3.8) is 0 Å². The summed E-state index contributed by atoms with van der Waals surface area (Å²) in [6.07, 6.45) is -2.47. The zero-order valence-corrected chi connectivity index (χ0v) is 16.3. The Morgan fingerprint density at radius 1 is 1.27 bits per heavy atom. The van der Waals surface area contributed by atoms with E-state index < -0.39 is 27.8 Å². The average Bonchev–Trinajstić information content (AvgIpc) is 3.06. The monoisotopic (exact) mass is 468 g/mol. The number of aromatic nitrogens is 1. The lowest BCUT2D eigenvalue weighted by molar-refractivity contribution is -0.138. The number of sulfonamides is 1. The fourth-order valence-corrected chi connectivity index (χ4v) is 5.69. The van der Waals surface area contributed by atoms with E-state index in [2.05, 4.69) is 20.9 Å². The summed E-state index contributed by atoms with van der Waals surface area (Å²) >= 11 is 9.08. The smallest absolute Gasteiger partial charge is 0.242 e. The molecule has 10 heteroatoms. The number of pyridine rings is 1. The van der Waals surface area contributed by atoms with E-state index in [4.69, 9.17) is 11.6 Å². The van der Waals surface area contributed by atoms with Gasteiger partial charge >= 0.3 is 6.18 Å². The molecule has 3 rings (SSSR count). The molecule has 0 bridgehead atoms. The van der Waals surface area contributed by atoms with E-state index in [1.807, 2.05) is 0 Å². The Morgan fingerprint density at radius 2 is 1.96 bits per heavy atom. The lowest BCUT2D eigenvalue weighted by Crippen LogP contribution is -2.32. The first-order valence-corrected chi connectivity index (χ1v) is 10.2. The number of halogens is 5. The van der Waals surface area contributed by atoms with E-state index in [1.54, 1.807) is 0 Å². The standard InChI is InChI=1S/C16H13BrClF3N2O2S/c17-10-8-14(15(18)22-9-10)26(24,25)23-7-3-6-13(23)11-4-1-2-5-12(11)16(19,20)21/h1-2,4-5,8-9,13H,3,6-7H2. The van der Waals surface area contributed by atoms with E-state index in [1.165, 1.54) is 30.5 Å². The molecule has 0 radical (unpaired) electrons. The van der Waals surface area contributed by atoms with Gasteiger partial charge in [0, 0.05) is 17.2 Å². The first kappa shape index (κ1) is 19.6. The van der Waals surface area contributed by atoms with Crippen LogP contribution in [0.4, 0.5) is 13.2 Å². The Labute approximate surface area is 162 Å². The van der Waals surface area contributed by atoms with Crippen LogP contribution in [0.5, 0.6) is 0 Å². The Bertz CT molecular complexity index is 937. The molecule has 0 spiro atoms. The van der Waals surface area contributed by atoms with Gasteiger partial charge in [-0.3, -0.25) is 0 Å². The Kier molecular flexibility index (Phi) is 5.35. The predicted molar refractivity (Wildman–Crippen MR) is 94.3 cm³/mol. The lowest BCUT2D eigenvalue weighted by atomic mass is 9.99. The van der Waals surface area contributed by atoms with Gasteiger partial charge in [-0.15, -0.1) is 0 Å². The molecular weight excluding hydrogens is 457 g/mol. The minimum Gasteiger partial charge on any atom is -0.242 e. The van der Waals surface area contributed by atoms with Crippen LogP contribution in [0.25, 0.3) is 0 Å². The summed E-state index contributed by atoms with van der Waals surface area (Å²) in [7, 11) is -4.11. The van der Waals surface area contributed by atoms with Crippen LogP contribution in [0.3, 0.4) is 0 Å². The molecule has 0 amide bonds. The highest BCUT2D eigenvalue weighted by molar-refractivity contribution is 9.10. The Morgan fingerprint density at radius 3 is 2.65 bits per heavy atom. The van der Waals surface area contributed by atoms with Crippen LogP contribution >= 0.6 is 27.5 Å². The molecule has 2 heterocycles. The van der Waals surface area contributed by atoms with Crippen molar-refractivity contribution >= 4 is 37.6 Å². The van der Waals surface area contributed by atoms with Crippen molar-refractivity contribution in [1.29, 1.82) is 0 Å². The van der Waals surface area contributed by atoms with Crippen LogP contribution in [-0.2, 0) is 16.2 Å². The predicted octanol–water partition coefficient (Wildman–Crippen LogP) is 5.04. The van der Waals surface area contributed by atoms with Gasteiger partial charge in [0.05, 0.1) is 11.6 Å². The van der Waals surface area contributed by atoms with Gasteiger partial charge in [0.2, 0.25) is 10.0 Å². The average molecular weight is 470 g/mol. The highest BCUT2D eigenvalue weighted by Crippen LogP contribution is 2.43. The molecule has 1 fully saturated rings. The van der Waals surface area contributed by atoms with Gasteiger partial charge in [0.1, 0.15) is 10.0 Å². The molecular formula is C16H13BrClF3N2O2S. The number of hydrogen-bond acceptors (Lipinski definition) is 3. The number of rotatable bonds is 3. The highest BCUT2D eigenvalue weighted by Gasteiger charge is 2.42. The number of nitrogens with zero attached hydrogens (tertiary/aromatic N) is 2. The minimum atomic E-state index is -4.57. The molecule has 0 aliphatic carbocycles. The molecule has 1 unspecified atom stereocenters. The quantitative estimate of drug-likeness (QED) is 0.592. The third-order valence-electron chi connectivity index (χ3n) is 4.19. The zero-order valence-electron chi connectivity index (χ0n) is 13.2. The second kappa shape index (κ2) is 7.10. The van der Waals surface area contributed by atoms with Gasteiger partial charge < -0.3 is 0 Å². The topological polar surface area (TPSA) is 50.3 Å². The summed E-state index contributed by atoms with van der Waals surface area (Å²) in [6, 6.07) is 5.44.